The van der Waals surface area contributed by atoms with Crippen molar-refractivity contribution in [1.29, 1.82) is 0 Å². The van der Waals surface area contributed by atoms with Crippen LogP contribution in [0.2, 0.25) is 0 Å². The molecule has 1 aromatic heterocycles. The lowest BCUT2D eigenvalue weighted by atomic mass is 10.1. The van der Waals surface area contributed by atoms with Crippen molar-refractivity contribution in [1.82, 2.24) is 10.6 Å². The van der Waals surface area contributed by atoms with Gasteiger partial charge in [0.25, 0.3) is 5.69 Å². The molecule has 24 heavy (non-hydrogen) atoms. The topological polar surface area (TPSA) is 74.2 Å². The van der Waals surface area contributed by atoms with Crippen molar-refractivity contribution in [3.05, 3.63) is 65.9 Å². The Balaban J connectivity index is 1.58. The summed E-state index contributed by atoms with van der Waals surface area (Å²) in [6.45, 7) is 1.14. The molecule has 124 valence electrons. The quantitative estimate of drug-likeness (QED) is 0.524. The van der Waals surface area contributed by atoms with Crippen LogP contribution in [0.4, 0.5) is 0 Å². The van der Waals surface area contributed by atoms with Crippen molar-refractivity contribution < 1.29 is 19.0 Å². The lowest BCUT2D eigenvalue weighted by Gasteiger charge is -2.05. The van der Waals surface area contributed by atoms with Gasteiger partial charge in [0.2, 0.25) is 5.69 Å². The SMILES string of the molecule is COc1ccc(CCNCc2c([O-])on[n+]2-c2ccccc2)cc1. The molecule has 0 aliphatic heterocycles. The van der Waals surface area contributed by atoms with Gasteiger partial charge in [-0.2, -0.15) is 0 Å². The Kier molecular flexibility index (Phi) is 5.08. The highest BCUT2D eigenvalue weighted by Crippen LogP contribution is 2.12. The third kappa shape index (κ3) is 3.72. The summed E-state index contributed by atoms with van der Waals surface area (Å²) in [5, 5.41) is 18.9. The molecule has 3 rings (SSSR count). The maximum absolute atomic E-state index is 11.8. The molecule has 0 saturated carbocycles. The molecule has 0 unspecified atom stereocenters. The monoisotopic (exact) mass is 325 g/mol. The Morgan fingerprint density at radius 1 is 1.12 bits per heavy atom. The molecule has 2 aromatic carbocycles. The average molecular weight is 325 g/mol. The van der Waals surface area contributed by atoms with Crippen molar-refractivity contribution in [2.45, 2.75) is 13.0 Å². The minimum Gasteiger partial charge on any atom is -0.539 e. The molecular formula is C18H19N3O3. The van der Waals surface area contributed by atoms with Gasteiger partial charge in [0.15, 0.2) is 5.95 Å². The number of benzene rings is 2. The Morgan fingerprint density at radius 3 is 2.58 bits per heavy atom. The van der Waals surface area contributed by atoms with Gasteiger partial charge in [-0.25, -0.2) is 0 Å². The highest BCUT2D eigenvalue weighted by Gasteiger charge is 2.19. The van der Waals surface area contributed by atoms with Crippen LogP contribution in [0.15, 0.2) is 59.1 Å². The number of hydrogen-bond acceptors (Lipinski definition) is 5. The van der Waals surface area contributed by atoms with E-state index in [2.05, 4.69) is 10.6 Å². The van der Waals surface area contributed by atoms with Gasteiger partial charge in [-0.05, 0) is 35.3 Å². The van der Waals surface area contributed by atoms with Crippen LogP contribution in [0, 0.1) is 0 Å². The fraction of sp³-hybridized carbons (Fsp3) is 0.222. The maximum atomic E-state index is 11.8. The van der Waals surface area contributed by atoms with Crippen molar-refractivity contribution in [2.24, 2.45) is 0 Å². The van der Waals surface area contributed by atoms with E-state index in [1.807, 2.05) is 54.6 Å². The van der Waals surface area contributed by atoms with E-state index in [0.717, 1.165) is 24.4 Å². The van der Waals surface area contributed by atoms with E-state index >= 15 is 0 Å². The molecular weight excluding hydrogens is 306 g/mol. The van der Waals surface area contributed by atoms with Gasteiger partial charge in [0, 0.05) is 12.1 Å². The van der Waals surface area contributed by atoms with E-state index in [1.165, 1.54) is 10.2 Å². The minimum absolute atomic E-state index is 0.396. The van der Waals surface area contributed by atoms with Crippen LogP contribution in [0.5, 0.6) is 11.7 Å². The molecule has 3 aromatic rings. The first-order valence-electron chi connectivity index (χ1n) is 7.75. The molecule has 6 heteroatoms. The van der Waals surface area contributed by atoms with Crippen LogP contribution in [0.25, 0.3) is 5.69 Å². The lowest BCUT2D eigenvalue weighted by Crippen LogP contribution is -2.39. The average Bonchev–Trinajstić information content (AvgIpc) is 3.01. The van der Waals surface area contributed by atoms with Crippen LogP contribution in [-0.4, -0.2) is 18.9 Å². The van der Waals surface area contributed by atoms with E-state index in [0.29, 0.717) is 12.2 Å². The van der Waals surface area contributed by atoms with E-state index in [1.54, 1.807) is 7.11 Å². The number of methoxy groups -OCH3 is 1. The van der Waals surface area contributed by atoms with Gasteiger partial charge in [-0.15, -0.1) is 0 Å². The minimum atomic E-state index is -0.421. The van der Waals surface area contributed by atoms with Crippen molar-refractivity contribution >= 4 is 0 Å². The third-order valence-corrected chi connectivity index (χ3v) is 3.74. The molecule has 0 spiro atoms. The predicted molar refractivity (Wildman–Crippen MR) is 85.9 cm³/mol. The molecule has 0 saturated heterocycles. The van der Waals surface area contributed by atoms with Gasteiger partial charge < -0.3 is 19.7 Å². The first kappa shape index (κ1) is 16.0. The van der Waals surface area contributed by atoms with Crippen molar-refractivity contribution in [3.63, 3.8) is 0 Å². The van der Waals surface area contributed by atoms with Gasteiger partial charge >= 0.3 is 0 Å². The number of nitrogens with one attached hydrogen (secondary N) is 1. The van der Waals surface area contributed by atoms with E-state index < -0.39 is 5.95 Å². The van der Waals surface area contributed by atoms with Crippen LogP contribution in [0.1, 0.15) is 11.3 Å². The molecule has 1 heterocycles. The maximum Gasteiger partial charge on any atom is 0.253 e. The Bertz CT molecular complexity index is 770. The van der Waals surface area contributed by atoms with Gasteiger partial charge in [-0.3, -0.25) is 0 Å². The molecule has 0 bridgehead atoms. The summed E-state index contributed by atoms with van der Waals surface area (Å²) in [6.07, 6.45) is 0.856. The summed E-state index contributed by atoms with van der Waals surface area (Å²) in [6, 6.07) is 17.4. The summed E-state index contributed by atoms with van der Waals surface area (Å²) in [5.41, 5.74) is 2.48. The van der Waals surface area contributed by atoms with Crippen molar-refractivity contribution in [3.8, 4) is 17.4 Å². The van der Waals surface area contributed by atoms with Crippen LogP contribution in [-0.2, 0) is 13.0 Å². The zero-order valence-electron chi connectivity index (χ0n) is 13.4. The van der Waals surface area contributed by atoms with E-state index in [4.69, 9.17) is 9.26 Å². The molecule has 0 amide bonds. The normalized spacial score (nSPS) is 10.7. The first-order valence-corrected chi connectivity index (χ1v) is 7.75. The fourth-order valence-electron chi connectivity index (χ4n) is 2.42. The molecule has 0 atom stereocenters. The summed E-state index contributed by atoms with van der Waals surface area (Å²) in [5.74, 6) is 0.423. The largest absolute Gasteiger partial charge is 0.539 e. The molecule has 0 radical (unpaired) electrons. The van der Waals surface area contributed by atoms with Crippen LogP contribution in [0.3, 0.4) is 0 Å². The van der Waals surface area contributed by atoms with Crippen LogP contribution >= 0.6 is 0 Å². The number of rotatable bonds is 7. The number of ether oxygens (including phenoxy) is 1. The number of aromatic nitrogens is 2. The molecule has 0 aliphatic carbocycles. The fourth-order valence-corrected chi connectivity index (χ4v) is 2.42. The molecule has 1 N–H and O–H groups in total. The smallest absolute Gasteiger partial charge is 0.253 e. The Labute approximate surface area is 140 Å². The van der Waals surface area contributed by atoms with Gasteiger partial charge in [-0.1, -0.05) is 30.3 Å². The molecule has 0 fully saturated rings. The number of hydrogen-bond donors (Lipinski definition) is 1. The summed E-state index contributed by atoms with van der Waals surface area (Å²) < 4.78 is 11.5. The van der Waals surface area contributed by atoms with Gasteiger partial charge in [0.1, 0.15) is 5.75 Å². The van der Waals surface area contributed by atoms with E-state index in [-0.39, 0.29) is 0 Å². The zero-order valence-corrected chi connectivity index (χ0v) is 13.4. The second-order valence-electron chi connectivity index (χ2n) is 5.33. The Morgan fingerprint density at radius 2 is 1.88 bits per heavy atom. The zero-order chi connectivity index (χ0) is 16.8. The summed E-state index contributed by atoms with van der Waals surface area (Å²) in [4.78, 5) is 0. The number of nitrogens with zero attached hydrogens (tertiary/aromatic N) is 2. The lowest BCUT2D eigenvalue weighted by molar-refractivity contribution is -0.677. The predicted octanol–water partition coefficient (Wildman–Crippen LogP) is 1.37. The highest BCUT2D eigenvalue weighted by atomic mass is 16.6. The second kappa shape index (κ2) is 7.61. The molecule has 6 nitrogen and oxygen atoms in total. The number of para-hydroxylation sites is 1. The summed E-state index contributed by atoms with van der Waals surface area (Å²) in [7, 11) is 1.65. The van der Waals surface area contributed by atoms with Crippen molar-refractivity contribution in [2.75, 3.05) is 13.7 Å². The van der Waals surface area contributed by atoms with Crippen LogP contribution < -0.4 is 19.8 Å². The second-order valence-corrected chi connectivity index (χ2v) is 5.33. The van der Waals surface area contributed by atoms with Gasteiger partial charge in [0.05, 0.1) is 18.9 Å². The Hall–Kier alpha value is -2.86. The summed E-state index contributed by atoms with van der Waals surface area (Å²) >= 11 is 0. The standard InChI is InChI=1S/C18H19N3O3/c1-23-16-9-7-14(8-10-16)11-12-19-13-17-18(22)24-20-21(17)15-5-3-2-4-6-15/h2-10,19H,11-13H2,1H3. The van der Waals surface area contributed by atoms with E-state index in [9.17, 15) is 5.11 Å². The first-order chi connectivity index (χ1) is 11.8. The molecule has 0 aliphatic rings. The third-order valence-electron chi connectivity index (χ3n) is 3.74. The highest BCUT2D eigenvalue weighted by molar-refractivity contribution is 5.27.